The molecule has 1 aromatic carbocycles. The highest BCUT2D eigenvalue weighted by Gasteiger charge is 2.21. The molecular formula is C18H24N2O. The number of fused-ring (bicyclic) bond motifs is 1. The Morgan fingerprint density at radius 2 is 2.19 bits per heavy atom. The smallest absolute Gasteiger partial charge is 0.101 e. The van der Waals surface area contributed by atoms with Crippen LogP contribution in [0.25, 0.3) is 0 Å². The van der Waals surface area contributed by atoms with E-state index in [1.807, 2.05) is 7.05 Å². The molecule has 3 nitrogen and oxygen atoms in total. The Morgan fingerprint density at radius 1 is 1.33 bits per heavy atom. The fourth-order valence-electron chi connectivity index (χ4n) is 3.20. The number of benzene rings is 1. The number of aromatic nitrogens is 1. The second-order valence-corrected chi connectivity index (χ2v) is 5.70. The summed E-state index contributed by atoms with van der Waals surface area (Å²) in [5.74, 6) is 0. The van der Waals surface area contributed by atoms with E-state index in [9.17, 15) is 0 Å². The van der Waals surface area contributed by atoms with Gasteiger partial charge in [-0.15, -0.1) is 0 Å². The van der Waals surface area contributed by atoms with Gasteiger partial charge in [-0.1, -0.05) is 31.2 Å². The molecule has 21 heavy (non-hydrogen) atoms. The van der Waals surface area contributed by atoms with Crippen molar-refractivity contribution in [3.05, 3.63) is 59.4 Å². The van der Waals surface area contributed by atoms with Crippen LogP contribution in [0.4, 0.5) is 0 Å². The molecule has 0 saturated heterocycles. The summed E-state index contributed by atoms with van der Waals surface area (Å²) in [5, 5.41) is 3.36. The Bertz CT molecular complexity index is 586. The first kappa shape index (κ1) is 14.4. The van der Waals surface area contributed by atoms with E-state index in [-0.39, 0.29) is 6.10 Å². The molecule has 0 fully saturated rings. The highest BCUT2D eigenvalue weighted by atomic mass is 16.5. The van der Waals surface area contributed by atoms with E-state index in [0.717, 1.165) is 26.0 Å². The van der Waals surface area contributed by atoms with Crippen LogP contribution in [-0.2, 0) is 17.7 Å². The third-order valence-corrected chi connectivity index (χ3v) is 4.40. The van der Waals surface area contributed by atoms with Crippen molar-refractivity contribution in [2.75, 3.05) is 13.7 Å². The van der Waals surface area contributed by atoms with E-state index in [0.29, 0.717) is 6.04 Å². The average molecular weight is 284 g/mol. The molecule has 2 aromatic rings. The zero-order chi connectivity index (χ0) is 14.7. The minimum absolute atomic E-state index is 0.171. The first-order valence-corrected chi connectivity index (χ1v) is 7.84. The molecule has 0 bridgehead atoms. The van der Waals surface area contributed by atoms with Gasteiger partial charge in [0.25, 0.3) is 0 Å². The predicted octanol–water partition coefficient (Wildman–Crippen LogP) is 3.47. The van der Waals surface area contributed by atoms with Gasteiger partial charge in [0.15, 0.2) is 0 Å². The number of hydrogen-bond acceptors (Lipinski definition) is 2. The maximum atomic E-state index is 5.99. The molecule has 0 spiro atoms. The zero-order valence-electron chi connectivity index (χ0n) is 12.9. The summed E-state index contributed by atoms with van der Waals surface area (Å²) in [4.78, 5) is 0. The summed E-state index contributed by atoms with van der Waals surface area (Å²) in [5.41, 5.74) is 4.13. The van der Waals surface area contributed by atoms with Gasteiger partial charge in [-0.3, -0.25) is 0 Å². The molecule has 1 aliphatic rings. The number of nitrogens with one attached hydrogen (secondary N) is 1. The molecule has 3 heteroatoms. The van der Waals surface area contributed by atoms with Gasteiger partial charge in [0.2, 0.25) is 0 Å². The monoisotopic (exact) mass is 284 g/mol. The lowest BCUT2D eigenvalue weighted by Gasteiger charge is -2.26. The number of nitrogens with zero attached hydrogens (tertiary/aromatic N) is 1. The SMILES string of the molecule is CCC(NC)c1ccn(CC2OCCc3ccccc32)c1. The quantitative estimate of drug-likeness (QED) is 0.910. The second-order valence-electron chi connectivity index (χ2n) is 5.70. The maximum absolute atomic E-state index is 5.99. The Balaban J connectivity index is 1.76. The molecule has 0 radical (unpaired) electrons. The van der Waals surface area contributed by atoms with Gasteiger partial charge in [0.1, 0.15) is 6.10 Å². The van der Waals surface area contributed by atoms with Gasteiger partial charge >= 0.3 is 0 Å². The van der Waals surface area contributed by atoms with E-state index < -0.39 is 0 Å². The van der Waals surface area contributed by atoms with Crippen LogP contribution in [-0.4, -0.2) is 18.2 Å². The number of rotatable bonds is 5. The lowest BCUT2D eigenvalue weighted by atomic mass is 9.97. The van der Waals surface area contributed by atoms with Crippen LogP contribution in [0, 0.1) is 0 Å². The highest BCUT2D eigenvalue weighted by Crippen LogP contribution is 2.28. The van der Waals surface area contributed by atoms with Gasteiger partial charge in [0.05, 0.1) is 13.2 Å². The van der Waals surface area contributed by atoms with Crippen molar-refractivity contribution in [1.29, 1.82) is 0 Å². The summed E-state index contributed by atoms with van der Waals surface area (Å²) in [6, 6.07) is 11.3. The lowest BCUT2D eigenvalue weighted by Crippen LogP contribution is -2.20. The van der Waals surface area contributed by atoms with Crippen LogP contribution in [0.1, 0.15) is 42.2 Å². The third kappa shape index (κ3) is 3.04. The van der Waals surface area contributed by atoms with Gasteiger partial charge in [-0.05, 0) is 42.6 Å². The van der Waals surface area contributed by atoms with Crippen molar-refractivity contribution in [2.45, 2.75) is 38.5 Å². The molecular weight excluding hydrogens is 260 g/mol. The normalized spacial score (nSPS) is 19.2. The van der Waals surface area contributed by atoms with Crippen molar-refractivity contribution in [3.63, 3.8) is 0 Å². The summed E-state index contributed by atoms with van der Waals surface area (Å²) < 4.78 is 8.25. The highest BCUT2D eigenvalue weighted by molar-refractivity contribution is 5.31. The maximum Gasteiger partial charge on any atom is 0.101 e. The fourth-order valence-corrected chi connectivity index (χ4v) is 3.20. The molecule has 3 rings (SSSR count). The Kier molecular flexibility index (Phi) is 4.42. The molecule has 1 aliphatic heterocycles. The zero-order valence-corrected chi connectivity index (χ0v) is 12.9. The van der Waals surface area contributed by atoms with Crippen LogP contribution >= 0.6 is 0 Å². The summed E-state index contributed by atoms with van der Waals surface area (Å²) in [7, 11) is 2.02. The first-order chi connectivity index (χ1) is 10.3. The molecule has 0 saturated carbocycles. The lowest BCUT2D eigenvalue weighted by molar-refractivity contribution is 0.0306. The van der Waals surface area contributed by atoms with Crippen molar-refractivity contribution in [3.8, 4) is 0 Å². The molecule has 112 valence electrons. The Labute approximate surface area is 126 Å². The van der Waals surface area contributed by atoms with E-state index in [2.05, 4.69) is 59.5 Å². The Hall–Kier alpha value is -1.58. The summed E-state index contributed by atoms with van der Waals surface area (Å²) in [6.07, 6.45) is 6.70. The van der Waals surface area contributed by atoms with Gasteiger partial charge in [0, 0.05) is 18.4 Å². The molecule has 1 aromatic heterocycles. The summed E-state index contributed by atoms with van der Waals surface area (Å²) in [6.45, 7) is 3.92. The number of hydrogen-bond donors (Lipinski definition) is 1. The number of ether oxygens (including phenoxy) is 1. The second kappa shape index (κ2) is 6.46. The minimum atomic E-state index is 0.171. The van der Waals surface area contributed by atoms with Gasteiger partial charge in [-0.2, -0.15) is 0 Å². The van der Waals surface area contributed by atoms with Crippen molar-refractivity contribution in [1.82, 2.24) is 9.88 Å². The van der Waals surface area contributed by atoms with E-state index in [1.54, 1.807) is 0 Å². The van der Waals surface area contributed by atoms with Crippen molar-refractivity contribution < 1.29 is 4.74 Å². The molecule has 0 aliphatic carbocycles. The van der Waals surface area contributed by atoms with Crippen LogP contribution in [0.2, 0.25) is 0 Å². The molecule has 2 atom stereocenters. The third-order valence-electron chi connectivity index (χ3n) is 4.40. The summed E-state index contributed by atoms with van der Waals surface area (Å²) >= 11 is 0. The standard InChI is InChI=1S/C18H24N2O/c1-3-17(19-2)15-8-10-20(12-15)13-18-16-7-5-4-6-14(16)9-11-21-18/h4-8,10,12,17-19H,3,9,11,13H2,1-2H3. The minimum Gasteiger partial charge on any atom is -0.371 e. The molecule has 2 unspecified atom stereocenters. The average Bonchev–Trinajstić information content (AvgIpc) is 2.97. The fraction of sp³-hybridized carbons (Fsp3) is 0.444. The molecule has 2 heterocycles. The van der Waals surface area contributed by atoms with E-state index in [1.165, 1.54) is 16.7 Å². The first-order valence-electron chi connectivity index (χ1n) is 7.84. The van der Waals surface area contributed by atoms with Gasteiger partial charge < -0.3 is 14.6 Å². The van der Waals surface area contributed by atoms with E-state index >= 15 is 0 Å². The van der Waals surface area contributed by atoms with Crippen molar-refractivity contribution >= 4 is 0 Å². The molecule has 1 N–H and O–H groups in total. The topological polar surface area (TPSA) is 26.2 Å². The van der Waals surface area contributed by atoms with Crippen LogP contribution in [0.5, 0.6) is 0 Å². The van der Waals surface area contributed by atoms with Crippen molar-refractivity contribution in [2.24, 2.45) is 0 Å². The van der Waals surface area contributed by atoms with Crippen LogP contribution in [0.3, 0.4) is 0 Å². The molecule has 0 amide bonds. The Morgan fingerprint density at radius 3 is 3.00 bits per heavy atom. The van der Waals surface area contributed by atoms with Crippen LogP contribution in [0.15, 0.2) is 42.7 Å². The largest absolute Gasteiger partial charge is 0.371 e. The predicted molar refractivity (Wildman–Crippen MR) is 85.4 cm³/mol. The van der Waals surface area contributed by atoms with E-state index in [4.69, 9.17) is 4.74 Å². The van der Waals surface area contributed by atoms with Gasteiger partial charge in [-0.25, -0.2) is 0 Å². The van der Waals surface area contributed by atoms with Crippen LogP contribution < -0.4 is 5.32 Å².